The molecule has 0 bridgehead atoms. The molecule has 6 nitrogen and oxygen atoms in total. The van der Waals surface area contributed by atoms with Crippen molar-refractivity contribution in [1.82, 2.24) is 9.29 Å². The third-order valence-electron chi connectivity index (χ3n) is 3.95. The number of aromatic nitrogens is 1. The fourth-order valence-corrected chi connectivity index (χ4v) is 4.90. The molecule has 1 N–H and O–H groups in total. The second kappa shape index (κ2) is 6.18. The van der Waals surface area contributed by atoms with Crippen molar-refractivity contribution in [1.29, 1.82) is 0 Å². The van der Waals surface area contributed by atoms with E-state index in [0.29, 0.717) is 18.7 Å². The predicted octanol–water partition coefficient (Wildman–Crippen LogP) is 2.36. The Kier molecular flexibility index (Phi) is 4.39. The smallest absolute Gasteiger partial charge is 0.242 e. The van der Waals surface area contributed by atoms with Gasteiger partial charge in [-0.2, -0.15) is 4.31 Å². The average Bonchev–Trinajstić information content (AvgIpc) is 2.85. The van der Waals surface area contributed by atoms with Gasteiger partial charge in [0.15, 0.2) is 0 Å². The van der Waals surface area contributed by atoms with Crippen LogP contribution in [0.15, 0.2) is 18.2 Å². The Balaban J connectivity index is 1.81. The number of carbonyl (C=O) groups is 1. The maximum atomic E-state index is 12.5. The summed E-state index contributed by atoms with van der Waals surface area (Å²) in [7, 11) is -3.38. The number of piperidine rings is 1. The SMILES string of the molecule is Cc1nc2ccc(NC(=O)[C@@H]3CCCCN3S(C)(=O)=O)cc2s1. The first-order chi connectivity index (χ1) is 10.8. The molecule has 3 rings (SSSR count). The number of hydrogen-bond donors (Lipinski definition) is 1. The molecule has 1 saturated heterocycles. The summed E-state index contributed by atoms with van der Waals surface area (Å²) in [5.74, 6) is -0.268. The highest BCUT2D eigenvalue weighted by Crippen LogP contribution is 2.26. The molecular formula is C15H19N3O3S2. The van der Waals surface area contributed by atoms with Gasteiger partial charge in [-0.3, -0.25) is 4.79 Å². The molecule has 1 aliphatic heterocycles. The van der Waals surface area contributed by atoms with E-state index in [2.05, 4.69) is 10.3 Å². The molecule has 0 spiro atoms. The fraction of sp³-hybridized carbons (Fsp3) is 0.467. The van der Waals surface area contributed by atoms with Crippen LogP contribution in [0.3, 0.4) is 0 Å². The van der Waals surface area contributed by atoms with E-state index in [1.807, 2.05) is 19.1 Å². The summed E-state index contributed by atoms with van der Waals surface area (Å²) in [6.07, 6.45) is 3.37. The van der Waals surface area contributed by atoms with E-state index in [-0.39, 0.29) is 5.91 Å². The monoisotopic (exact) mass is 353 g/mol. The Hall–Kier alpha value is -1.51. The van der Waals surface area contributed by atoms with Crippen molar-refractivity contribution in [3.05, 3.63) is 23.2 Å². The topological polar surface area (TPSA) is 79.4 Å². The van der Waals surface area contributed by atoms with Gasteiger partial charge in [0.25, 0.3) is 0 Å². The van der Waals surface area contributed by atoms with Crippen molar-refractivity contribution in [2.75, 3.05) is 18.1 Å². The lowest BCUT2D eigenvalue weighted by Crippen LogP contribution is -2.49. The van der Waals surface area contributed by atoms with Crippen LogP contribution in [0.25, 0.3) is 10.2 Å². The van der Waals surface area contributed by atoms with E-state index in [1.165, 1.54) is 4.31 Å². The van der Waals surface area contributed by atoms with Gasteiger partial charge in [0.2, 0.25) is 15.9 Å². The molecule has 1 atom stereocenters. The molecule has 1 aromatic heterocycles. The van der Waals surface area contributed by atoms with Crippen molar-refractivity contribution in [2.24, 2.45) is 0 Å². The Morgan fingerprint density at radius 2 is 2.17 bits per heavy atom. The van der Waals surface area contributed by atoms with Gasteiger partial charge in [-0.25, -0.2) is 13.4 Å². The van der Waals surface area contributed by atoms with Crippen LogP contribution in [0.5, 0.6) is 0 Å². The zero-order valence-electron chi connectivity index (χ0n) is 13.1. The number of aryl methyl sites for hydroxylation is 1. The fourth-order valence-electron chi connectivity index (χ4n) is 2.91. The molecule has 2 heterocycles. The van der Waals surface area contributed by atoms with Crippen LogP contribution >= 0.6 is 11.3 Å². The van der Waals surface area contributed by atoms with Crippen LogP contribution in [0, 0.1) is 6.92 Å². The van der Waals surface area contributed by atoms with Gasteiger partial charge >= 0.3 is 0 Å². The Morgan fingerprint density at radius 1 is 1.39 bits per heavy atom. The molecule has 8 heteroatoms. The first-order valence-corrected chi connectivity index (χ1v) is 10.2. The highest BCUT2D eigenvalue weighted by atomic mass is 32.2. The maximum Gasteiger partial charge on any atom is 0.242 e. The van der Waals surface area contributed by atoms with Crippen molar-refractivity contribution in [3.8, 4) is 0 Å². The van der Waals surface area contributed by atoms with Crippen LogP contribution in [-0.4, -0.2) is 42.5 Å². The number of thiazole rings is 1. The lowest BCUT2D eigenvalue weighted by molar-refractivity contribution is -0.120. The van der Waals surface area contributed by atoms with Gasteiger partial charge in [-0.15, -0.1) is 11.3 Å². The van der Waals surface area contributed by atoms with Crippen molar-refractivity contribution < 1.29 is 13.2 Å². The number of amides is 1. The third-order valence-corrected chi connectivity index (χ3v) is 6.17. The summed E-state index contributed by atoms with van der Waals surface area (Å²) >= 11 is 1.57. The van der Waals surface area contributed by atoms with Gasteiger partial charge in [0.1, 0.15) is 6.04 Å². The normalized spacial score (nSPS) is 19.8. The highest BCUT2D eigenvalue weighted by molar-refractivity contribution is 7.88. The van der Waals surface area contributed by atoms with E-state index < -0.39 is 16.1 Å². The molecule has 124 valence electrons. The number of hydrogen-bond acceptors (Lipinski definition) is 5. The molecule has 0 radical (unpaired) electrons. The molecule has 1 fully saturated rings. The van der Waals surface area contributed by atoms with Gasteiger partial charge in [0, 0.05) is 12.2 Å². The summed E-state index contributed by atoms with van der Waals surface area (Å²) < 4.78 is 26.1. The highest BCUT2D eigenvalue weighted by Gasteiger charge is 2.34. The van der Waals surface area contributed by atoms with Crippen LogP contribution < -0.4 is 5.32 Å². The van der Waals surface area contributed by atoms with Crippen molar-refractivity contribution >= 4 is 43.2 Å². The Bertz CT molecular complexity index is 845. The minimum atomic E-state index is -3.38. The summed E-state index contributed by atoms with van der Waals surface area (Å²) in [6, 6.07) is 4.92. The van der Waals surface area contributed by atoms with Crippen LogP contribution in [0.1, 0.15) is 24.3 Å². The molecular weight excluding hydrogens is 334 g/mol. The summed E-state index contributed by atoms with van der Waals surface area (Å²) in [6.45, 7) is 2.35. The first kappa shape index (κ1) is 16.4. The van der Waals surface area contributed by atoms with Crippen LogP contribution in [0.4, 0.5) is 5.69 Å². The minimum absolute atomic E-state index is 0.268. The molecule has 0 aliphatic carbocycles. The van der Waals surface area contributed by atoms with Crippen molar-refractivity contribution in [3.63, 3.8) is 0 Å². The van der Waals surface area contributed by atoms with E-state index in [4.69, 9.17) is 0 Å². The number of nitrogens with one attached hydrogen (secondary N) is 1. The third kappa shape index (κ3) is 3.54. The van der Waals surface area contributed by atoms with E-state index in [9.17, 15) is 13.2 Å². The van der Waals surface area contributed by atoms with E-state index in [1.54, 1.807) is 17.4 Å². The van der Waals surface area contributed by atoms with Gasteiger partial charge < -0.3 is 5.32 Å². The lowest BCUT2D eigenvalue weighted by Gasteiger charge is -2.32. The number of benzene rings is 1. The van der Waals surface area contributed by atoms with Gasteiger partial charge in [-0.05, 0) is 38.0 Å². The molecule has 0 saturated carbocycles. The molecule has 1 aromatic carbocycles. The number of nitrogens with zero attached hydrogens (tertiary/aromatic N) is 2. The average molecular weight is 353 g/mol. The molecule has 1 amide bonds. The quantitative estimate of drug-likeness (QED) is 0.919. The number of sulfonamides is 1. The number of fused-ring (bicyclic) bond motifs is 1. The standard InChI is InChI=1S/C15H19N3O3S2/c1-10-16-12-7-6-11(9-14(12)22-10)17-15(19)13-5-3-4-8-18(13)23(2,20)21/h6-7,9,13H,3-5,8H2,1-2H3,(H,17,19)/t13-/m0/s1. The van der Waals surface area contributed by atoms with E-state index in [0.717, 1.165) is 34.3 Å². The Morgan fingerprint density at radius 3 is 2.91 bits per heavy atom. The molecule has 0 unspecified atom stereocenters. The van der Waals surface area contributed by atoms with Gasteiger partial charge in [0.05, 0.1) is 21.5 Å². The largest absolute Gasteiger partial charge is 0.325 e. The molecule has 1 aliphatic rings. The second-order valence-corrected chi connectivity index (χ2v) is 8.96. The first-order valence-electron chi connectivity index (χ1n) is 7.49. The minimum Gasteiger partial charge on any atom is -0.325 e. The van der Waals surface area contributed by atoms with Crippen LogP contribution in [0.2, 0.25) is 0 Å². The number of carbonyl (C=O) groups excluding carboxylic acids is 1. The number of anilines is 1. The van der Waals surface area contributed by atoms with Crippen LogP contribution in [-0.2, 0) is 14.8 Å². The second-order valence-electron chi connectivity index (χ2n) is 5.79. The zero-order chi connectivity index (χ0) is 16.6. The summed E-state index contributed by atoms with van der Waals surface area (Å²) in [4.78, 5) is 16.9. The number of rotatable bonds is 3. The Labute approximate surface area is 139 Å². The zero-order valence-corrected chi connectivity index (χ0v) is 14.7. The van der Waals surface area contributed by atoms with Gasteiger partial charge in [-0.1, -0.05) is 6.42 Å². The molecule has 2 aromatic rings. The lowest BCUT2D eigenvalue weighted by atomic mass is 10.0. The summed E-state index contributed by atoms with van der Waals surface area (Å²) in [5, 5.41) is 3.82. The van der Waals surface area contributed by atoms with Crippen molar-refractivity contribution in [2.45, 2.75) is 32.2 Å². The maximum absolute atomic E-state index is 12.5. The van der Waals surface area contributed by atoms with E-state index >= 15 is 0 Å². The summed E-state index contributed by atoms with van der Waals surface area (Å²) in [5.41, 5.74) is 1.58. The predicted molar refractivity (Wildman–Crippen MR) is 92.2 cm³/mol. The molecule has 23 heavy (non-hydrogen) atoms.